The Morgan fingerprint density at radius 3 is 2.69 bits per heavy atom. The molecule has 2 rings (SSSR count). The van der Waals surface area contributed by atoms with Gasteiger partial charge in [-0.3, -0.25) is 0 Å². The van der Waals surface area contributed by atoms with Gasteiger partial charge in [-0.05, 0) is 30.7 Å². The number of nitrogens with zero attached hydrogens (tertiary/aromatic N) is 1. The number of nitrogen functional groups attached to an aromatic ring is 1. The Kier molecular flexibility index (Phi) is 2.97. The molecule has 0 atom stereocenters. The summed E-state index contributed by atoms with van der Waals surface area (Å²) in [6.45, 7) is 1.97. The Balaban J connectivity index is 2.23. The van der Waals surface area contributed by atoms with Crippen molar-refractivity contribution >= 4 is 17.3 Å². The van der Waals surface area contributed by atoms with Gasteiger partial charge >= 0.3 is 0 Å². The zero-order valence-corrected chi connectivity index (χ0v) is 9.53. The fraction of sp³-hybridized carbons (Fsp3) is 0.0833. The van der Waals surface area contributed by atoms with Crippen LogP contribution < -0.4 is 10.5 Å². The quantitative estimate of drug-likeness (QED) is 0.810. The van der Waals surface area contributed by atoms with Gasteiger partial charge in [0.05, 0.1) is 5.02 Å². The van der Waals surface area contributed by atoms with E-state index in [0.717, 1.165) is 5.56 Å². The molecule has 0 spiro atoms. The van der Waals surface area contributed by atoms with Crippen LogP contribution in [-0.2, 0) is 0 Å². The molecule has 0 aliphatic carbocycles. The van der Waals surface area contributed by atoms with Crippen molar-refractivity contribution in [2.45, 2.75) is 6.92 Å². The number of aromatic nitrogens is 1. The zero-order chi connectivity index (χ0) is 11.5. The smallest absolute Gasteiger partial charge is 0.219 e. The second-order valence-electron chi connectivity index (χ2n) is 3.47. The van der Waals surface area contributed by atoms with E-state index in [2.05, 4.69) is 4.98 Å². The molecule has 16 heavy (non-hydrogen) atoms. The molecule has 0 aliphatic rings. The third-order valence-electron chi connectivity index (χ3n) is 2.05. The van der Waals surface area contributed by atoms with Crippen LogP contribution in [0, 0.1) is 6.92 Å². The number of benzene rings is 1. The number of hydrogen-bond acceptors (Lipinski definition) is 3. The predicted molar refractivity (Wildman–Crippen MR) is 64.9 cm³/mol. The second-order valence-corrected chi connectivity index (χ2v) is 3.87. The highest BCUT2D eigenvalue weighted by atomic mass is 35.5. The van der Waals surface area contributed by atoms with Crippen molar-refractivity contribution in [1.82, 2.24) is 4.98 Å². The van der Waals surface area contributed by atoms with Crippen molar-refractivity contribution in [1.29, 1.82) is 0 Å². The number of halogens is 1. The summed E-state index contributed by atoms with van der Waals surface area (Å²) < 4.78 is 5.52. The highest BCUT2D eigenvalue weighted by Gasteiger charge is 2.03. The first-order chi connectivity index (χ1) is 7.65. The second kappa shape index (κ2) is 4.41. The number of pyridine rings is 1. The van der Waals surface area contributed by atoms with E-state index in [1.165, 1.54) is 0 Å². The molecule has 1 heterocycles. The largest absolute Gasteiger partial charge is 0.437 e. The summed E-state index contributed by atoms with van der Waals surface area (Å²) in [4.78, 5) is 4.12. The molecule has 2 N–H and O–H groups in total. The molecule has 82 valence electrons. The maximum absolute atomic E-state index is 5.98. The Labute approximate surface area is 98.8 Å². The third-order valence-corrected chi connectivity index (χ3v) is 2.35. The molecule has 0 aliphatic heterocycles. The van der Waals surface area contributed by atoms with Crippen molar-refractivity contribution in [3.63, 3.8) is 0 Å². The van der Waals surface area contributed by atoms with Gasteiger partial charge in [0.2, 0.25) is 5.88 Å². The van der Waals surface area contributed by atoms with Crippen LogP contribution in [0.4, 0.5) is 5.69 Å². The topological polar surface area (TPSA) is 48.1 Å². The summed E-state index contributed by atoms with van der Waals surface area (Å²) >= 11 is 5.98. The molecular weight excluding hydrogens is 224 g/mol. The average molecular weight is 235 g/mol. The van der Waals surface area contributed by atoms with E-state index < -0.39 is 0 Å². The molecule has 4 heteroatoms. The van der Waals surface area contributed by atoms with Gasteiger partial charge in [0.25, 0.3) is 0 Å². The Morgan fingerprint density at radius 1 is 1.25 bits per heavy atom. The molecule has 0 radical (unpaired) electrons. The van der Waals surface area contributed by atoms with Gasteiger partial charge in [0.15, 0.2) is 0 Å². The molecule has 0 unspecified atom stereocenters. The minimum atomic E-state index is 0.474. The fourth-order valence-electron chi connectivity index (χ4n) is 1.23. The average Bonchev–Trinajstić information content (AvgIpc) is 2.25. The van der Waals surface area contributed by atoms with Gasteiger partial charge in [-0.1, -0.05) is 17.7 Å². The van der Waals surface area contributed by atoms with Gasteiger partial charge in [-0.2, -0.15) is 0 Å². The van der Waals surface area contributed by atoms with Gasteiger partial charge in [0, 0.05) is 18.0 Å². The van der Waals surface area contributed by atoms with Crippen molar-refractivity contribution in [3.8, 4) is 11.6 Å². The van der Waals surface area contributed by atoms with Crippen molar-refractivity contribution < 1.29 is 4.74 Å². The lowest BCUT2D eigenvalue weighted by Crippen LogP contribution is -1.90. The zero-order valence-electron chi connectivity index (χ0n) is 8.77. The van der Waals surface area contributed by atoms with E-state index in [1.807, 2.05) is 13.0 Å². The normalized spacial score (nSPS) is 10.1. The molecule has 1 aromatic carbocycles. The molecule has 0 bridgehead atoms. The maximum Gasteiger partial charge on any atom is 0.219 e. The van der Waals surface area contributed by atoms with Gasteiger partial charge in [-0.25, -0.2) is 4.98 Å². The lowest BCUT2D eigenvalue weighted by molar-refractivity contribution is 0.463. The Hall–Kier alpha value is -1.74. The Morgan fingerprint density at radius 2 is 2.06 bits per heavy atom. The summed E-state index contributed by atoms with van der Waals surface area (Å²) in [6, 6.07) is 8.81. The van der Waals surface area contributed by atoms with E-state index in [4.69, 9.17) is 22.1 Å². The van der Waals surface area contributed by atoms with Crippen LogP contribution >= 0.6 is 11.6 Å². The monoisotopic (exact) mass is 234 g/mol. The van der Waals surface area contributed by atoms with Crippen LogP contribution in [0.3, 0.4) is 0 Å². The minimum absolute atomic E-state index is 0.474. The van der Waals surface area contributed by atoms with Crippen LogP contribution in [0.15, 0.2) is 36.5 Å². The van der Waals surface area contributed by atoms with Crippen LogP contribution in [0.25, 0.3) is 0 Å². The molecular formula is C12H11ClN2O. The maximum atomic E-state index is 5.98. The summed E-state index contributed by atoms with van der Waals surface area (Å²) in [7, 11) is 0. The first kappa shape index (κ1) is 10.8. The van der Waals surface area contributed by atoms with Crippen LogP contribution in [0.2, 0.25) is 5.02 Å². The first-order valence-electron chi connectivity index (χ1n) is 4.81. The summed E-state index contributed by atoms with van der Waals surface area (Å²) in [5.41, 5.74) is 7.27. The third kappa shape index (κ3) is 2.44. The molecule has 1 aromatic heterocycles. The number of aryl methyl sites for hydroxylation is 1. The number of anilines is 1. The van der Waals surface area contributed by atoms with Crippen molar-refractivity contribution in [2.75, 3.05) is 5.73 Å². The minimum Gasteiger partial charge on any atom is -0.437 e. The molecule has 0 fully saturated rings. The van der Waals surface area contributed by atoms with E-state index in [0.29, 0.717) is 22.3 Å². The van der Waals surface area contributed by atoms with Crippen LogP contribution in [0.1, 0.15) is 5.56 Å². The van der Waals surface area contributed by atoms with Gasteiger partial charge in [-0.15, -0.1) is 0 Å². The summed E-state index contributed by atoms with van der Waals surface area (Å²) in [5, 5.41) is 0.474. The van der Waals surface area contributed by atoms with Crippen molar-refractivity contribution in [3.05, 3.63) is 47.1 Å². The summed E-state index contributed by atoms with van der Waals surface area (Å²) in [5.74, 6) is 1.06. The predicted octanol–water partition coefficient (Wildman–Crippen LogP) is 3.42. The number of ether oxygens (including phenoxy) is 1. The number of nitrogens with two attached hydrogens (primary N) is 1. The fourth-order valence-corrected chi connectivity index (χ4v) is 1.45. The number of hydrogen-bond donors (Lipinski definition) is 1. The lowest BCUT2D eigenvalue weighted by atomic mass is 10.3. The SMILES string of the molecule is Cc1ccc(Oc2ccc(N)cc2Cl)nc1. The van der Waals surface area contributed by atoms with Gasteiger partial charge in [0.1, 0.15) is 5.75 Å². The molecule has 0 saturated carbocycles. The Bertz CT molecular complexity index is 497. The van der Waals surface area contributed by atoms with E-state index in [1.54, 1.807) is 30.5 Å². The molecule has 0 amide bonds. The summed E-state index contributed by atoms with van der Waals surface area (Å²) in [6.07, 6.45) is 1.74. The van der Waals surface area contributed by atoms with Gasteiger partial charge < -0.3 is 10.5 Å². The van der Waals surface area contributed by atoms with Crippen LogP contribution in [0.5, 0.6) is 11.6 Å². The highest BCUT2D eigenvalue weighted by Crippen LogP contribution is 2.29. The highest BCUT2D eigenvalue weighted by molar-refractivity contribution is 6.32. The lowest BCUT2D eigenvalue weighted by Gasteiger charge is -2.07. The van der Waals surface area contributed by atoms with E-state index in [9.17, 15) is 0 Å². The van der Waals surface area contributed by atoms with Crippen molar-refractivity contribution in [2.24, 2.45) is 0 Å². The molecule has 0 saturated heterocycles. The van der Waals surface area contributed by atoms with E-state index >= 15 is 0 Å². The first-order valence-corrected chi connectivity index (χ1v) is 5.18. The standard InChI is InChI=1S/C12H11ClN2O/c1-8-2-5-12(15-7-8)16-11-4-3-9(14)6-10(11)13/h2-7H,14H2,1H3. The number of rotatable bonds is 2. The van der Waals surface area contributed by atoms with Crippen LogP contribution in [-0.4, -0.2) is 4.98 Å². The molecule has 2 aromatic rings. The van der Waals surface area contributed by atoms with E-state index in [-0.39, 0.29) is 0 Å². The molecule has 3 nitrogen and oxygen atoms in total.